The molecule has 0 aliphatic heterocycles. The Balaban J connectivity index is -0.00000144. The molecule has 0 aliphatic rings. The molecule has 0 atom stereocenters. The predicted molar refractivity (Wildman–Crippen MR) is 74.4 cm³/mol. The predicted octanol–water partition coefficient (Wildman–Crippen LogP) is 1.75. The summed E-state index contributed by atoms with van der Waals surface area (Å²) in [5, 5.41) is 0. The van der Waals surface area contributed by atoms with Crippen LogP contribution in [0.25, 0.3) is 0 Å². The highest BCUT2D eigenvalue weighted by Crippen LogP contribution is 1.97. The van der Waals surface area contributed by atoms with Crippen LogP contribution in [0.1, 0.15) is 16.7 Å². The van der Waals surface area contributed by atoms with E-state index in [0.717, 1.165) is 0 Å². The van der Waals surface area contributed by atoms with Crippen LogP contribution >= 0.6 is 0 Å². The molecule has 0 aromatic rings. The van der Waals surface area contributed by atoms with Gasteiger partial charge in [-0.3, -0.25) is 0 Å². The summed E-state index contributed by atoms with van der Waals surface area (Å²) in [4.78, 5) is 11.2. The van der Waals surface area contributed by atoms with Crippen molar-refractivity contribution < 1.29 is 20.8 Å². The van der Waals surface area contributed by atoms with E-state index in [-0.39, 0.29) is 15.5 Å². The zero-order chi connectivity index (χ0) is 14.2. The zero-order valence-corrected chi connectivity index (χ0v) is 11.3. The van der Waals surface area contributed by atoms with Crippen molar-refractivity contribution in [2.75, 3.05) is 6.61 Å². The van der Waals surface area contributed by atoms with Gasteiger partial charge >= 0.3 is 16.3 Å². The van der Waals surface area contributed by atoms with Gasteiger partial charge in [-0.2, -0.15) is 13.1 Å². The molecule has 0 aromatic heterocycles. The normalized spacial score (nSPS) is 12.1. The van der Waals surface area contributed by atoms with E-state index in [1.807, 2.05) is 0 Å². The minimum atomic E-state index is -3.89. The van der Waals surface area contributed by atoms with E-state index in [4.69, 9.17) is 4.74 Å². The first kappa shape index (κ1) is 16.4. The van der Waals surface area contributed by atoms with Gasteiger partial charge in [-0.05, 0) is 19.4 Å². The summed E-state index contributed by atoms with van der Waals surface area (Å²) in [5.41, 5.74) is 0.606. The number of ether oxygens (including phenoxy) is 1. The Bertz CT molecular complexity index is 447. The van der Waals surface area contributed by atoms with Gasteiger partial charge in [-0.15, -0.1) is 0 Å². The third-order valence-corrected chi connectivity index (χ3v) is 2.79. The minimum absolute atomic E-state index is 0. The van der Waals surface area contributed by atoms with Crippen LogP contribution in [0, 0.1) is 0 Å². The lowest BCUT2D eigenvalue weighted by Crippen LogP contribution is -2.43. The molecule has 0 aliphatic carbocycles. The van der Waals surface area contributed by atoms with Crippen LogP contribution in [0.2, 0.25) is 0 Å². The highest BCUT2D eigenvalue weighted by atomic mass is 32.2. The Morgan fingerprint density at radius 2 is 2.06 bits per heavy atom. The molecule has 6 nitrogen and oxygen atoms in total. The van der Waals surface area contributed by atoms with Gasteiger partial charge in [0.05, 0.1) is 0 Å². The molecule has 0 bridgehead atoms. The molecule has 0 unspecified atom stereocenters. The average Bonchev–Trinajstić information content (AvgIpc) is 2.21. The summed E-state index contributed by atoms with van der Waals surface area (Å²) in [6.07, 6.45) is 3.53. The molecule has 0 radical (unpaired) electrons. The van der Waals surface area contributed by atoms with Crippen molar-refractivity contribution >= 4 is 16.3 Å². The van der Waals surface area contributed by atoms with Gasteiger partial charge in [0.15, 0.2) is 0 Å². The Labute approximate surface area is 111 Å². The van der Waals surface area contributed by atoms with Crippen LogP contribution in [-0.4, -0.2) is 27.2 Å². The molecule has 0 saturated heterocycles. The van der Waals surface area contributed by atoms with E-state index < -0.39 is 16.3 Å². The molecular weight excluding hydrogens is 256 g/mol. The van der Waals surface area contributed by atoms with Gasteiger partial charge < -0.3 is 4.74 Å². The largest absolute Gasteiger partial charge is 0.444 e. The van der Waals surface area contributed by atoms with E-state index in [1.165, 1.54) is 12.2 Å². The second kappa shape index (κ2) is 7.67. The standard InChI is InChI=1S/C11H18N2O4S.2H2/c1-5-7-10(6-2)8-17-11(14)13-18(15,16)12-9(3)4;;/h5-7,9,12H,1-2,8H2,3-4H3,(H,13,14);2*1H/b10-7+;;. The van der Waals surface area contributed by atoms with Crippen LogP contribution in [0.4, 0.5) is 4.79 Å². The van der Waals surface area contributed by atoms with Crippen LogP contribution in [0.15, 0.2) is 37.0 Å². The Morgan fingerprint density at radius 1 is 1.44 bits per heavy atom. The molecule has 0 heterocycles. The number of carbonyl (C=O) groups is 1. The topological polar surface area (TPSA) is 84.5 Å². The third kappa shape index (κ3) is 7.64. The first-order valence-corrected chi connectivity index (χ1v) is 6.70. The van der Waals surface area contributed by atoms with Crippen LogP contribution < -0.4 is 9.44 Å². The van der Waals surface area contributed by atoms with Gasteiger partial charge in [-0.1, -0.05) is 31.4 Å². The SMILES string of the molecule is C=C/C=C(\C=C)COC(=O)NS(=O)(=O)NC(C)C.[HH].[HH]. The number of carbonyl (C=O) groups excluding carboxylic acids is 1. The number of allylic oxidation sites excluding steroid dienone is 2. The van der Waals surface area contributed by atoms with Gasteiger partial charge in [-0.25, -0.2) is 9.52 Å². The smallest absolute Gasteiger partial charge is 0.422 e. The highest BCUT2D eigenvalue weighted by molar-refractivity contribution is 7.88. The molecule has 0 rings (SSSR count). The van der Waals surface area contributed by atoms with E-state index in [0.29, 0.717) is 5.57 Å². The van der Waals surface area contributed by atoms with Gasteiger partial charge in [0.1, 0.15) is 6.61 Å². The van der Waals surface area contributed by atoms with Gasteiger partial charge in [0.2, 0.25) is 0 Å². The summed E-state index contributed by atoms with van der Waals surface area (Å²) in [5.74, 6) is 0. The van der Waals surface area contributed by atoms with Gasteiger partial charge in [0.25, 0.3) is 0 Å². The van der Waals surface area contributed by atoms with Crippen molar-refractivity contribution in [2.24, 2.45) is 0 Å². The molecule has 0 aromatic carbocycles. The number of nitrogens with one attached hydrogen (secondary N) is 2. The van der Waals surface area contributed by atoms with Crippen LogP contribution in [0.5, 0.6) is 0 Å². The molecule has 106 valence electrons. The fraction of sp³-hybridized carbons (Fsp3) is 0.364. The second-order valence-electron chi connectivity index (χ2n) is 3.64. The maximum atomic E-state index is 11.3. The zero-order valence-electron chi connectivity index (χ0n) is 10.5. The van der Waals surface area contributed by atoms with Crippen molar-refractivity contribution in [1.82, 2.24) is 9.44 Å². The summed E-state index contributed by atoms with van der Waals surface area (Å²) in [6, 6.07) is -0.320. The second-order valence-corrected chi connectivity index (χ2v) is 5.08. The first-order chi connectivity index (χ1) is 8.30. The molecule has 1 amide bonds. The molecule has 0 fully saturated rings. The summed E-state index contributed by atoms with van der Waals surface area (Å²) >= 11 is 0. The molecule has 0 spiro atoms. The third-order valence-electron chi connectivity index (χ3n) is 1.57. The maximum Gasteiger partial charge on any atom is 0.422 e. The van der Waals surface area contributed by atoms with Crippen molar-refractivity contribution in [1.29, 1.82) is 0 Å². The molecule has 2 N–H and O–H groups in total. The lowest BCUT2D eigenvalue weighted by molar-refractivity contribution is 0.163. The lowest BCUT2D eigenvalue weighted by Gasteiger charge is -2.11. The van der Waals surface area contributed by atoms with E-state index in [9.17, 15) is 13.2 Å². The molecule has 0 saturated carbocycles. The Morgan fingerprint density at radius 3 is 2.50 bits per heavy atom. The quantitative estimate of drug-likeness (QED) is 0.695. The van der Waals surface area contributed by atoms with Crippen LogP contribution in [-0.2, 0) is 14.9 Å². The first-order valence-electron chi connectivity index (χ1n) is 5.21. The summed E-state index contributed by atoms with van der Waals surface area (Å²) in [7, 11) is -3.89. The number of amides is 1. The minimum Gasteiger partial charge on any atom is -0.444 e. The number of hydrogen-bond acceptors (Lipinski definition) is 4. The number of hydrogen-bond donors (Lipinski definition) is 2. The summed E-state index contributed by atoms with van der Waals surface area (Å²) in [6.45, 7) is 10.2. The van der Waals surface area contributed by atoms with Crippen LogP contribution in [0.3, 0.4) is 0 Å². The molecule has 18 heavy (non-hydrogen) atoms. The average molecular weight is 278 g/mol. The van der Waals surface area contributed by atoms with Crippen molar-refractivity contribution in [3.63, 3.8) is 0 Å². The maximum absolute atomic E-state index is 11.3. The van der Waals surface area contributed by atoms with Crippen molar-refractivity contribution in [2.45, 2.75) is 19.9 Å². The number of rotatable bonds is 7. The van der Waals surface area contributed by atoms with Crippen molar-refractivity contribution in [3.05, 3.63) is 37.0 Å². The van der Waals surface area contributed by atoms with Crippen molar-refractivity contribution in [3.8, 4) is 0 Å². The Kier molecular flexibility index (Phi) is 6.99. The Hall–Kier alpha value is -1.60. The monoisotopic (exact) mass is 278 g/mol. The fourth-order valence-electron chi connectivity index (χ4n) is 0.954. The van der Waals surface area contributed by atoms with E-state index in [1.54, 1.807) is 24.6 Å². The lowest BCUT2D eigenvalue weighted by atomic mass is 10.2. The highest BCUT2D eigenvalue weighted by Gasteiger charge is 2.16. The fourth-order valence-corrected chi connectivity index (χ4v) is 1.91. The molecular formula is C11H22N2O4S. The van der Waals surface area contributed by atoms with E-state index in [2.05, 4.69) is 17.9 Å². The summed E-state index contributed by atoms with van der Waals surface area (Å²) < 4.78 is 31.3. The van der Waals surface area contributed by atoms with Gasteiger partial charge in [0, 0.05) is 8.90 Å². The molecule has 7 heteroatoms. The van der Waals surface area contributed by atoms with E-state index >= 15 is 0 Å².